The summed E-state index contributed by atoms with van der Waals surface area (Å²) in [6, 6.07) is 4.92. The number of aliphatic hydroxyl groups excluding tert-OH is 1. The molecule has 1 aliphatic heterocycles. The van der Waals surface area contributed by atoms with Crippen LogP contribution in [0, 0.1) is 5.82 Å². The molecule has 0 spiro atoms. The lowest BCUT2D eigenvalue weighted by molar-refractivity contribution is 0.137. The van der Waals surface area contributed by atoms with Crippen LogP contribution >= 0.6 is 0 Å². The number of likely N-dealkylation sites (N-methyl/N-ethyl adjacent to an activating group) is 1. The van der Waals surface area contributed by atoms with E-state index in [0.717, 1.165) is 19.6 Å². The zero-order chi connectivity index (χ0) is 14.2. The molecule has 4 heteroatoms. The summed E-state index contributed by atoms with van der Waals surface area (Å²) in [5.74, 6) is -0.251. The zero-order valence-electron chi connectivity index (χ0n) is 12.2. The number of anilines is 1. The highest BCUT2D eigenvalue weighted by Crippen LogP contribution is 2.32. The topological polar surface area (TPSA) is 26.7 Å². The Bertz CT molecular complexity index is 459. The molecule has 1 N–H and O–H groups in total. The van der Waals surface area contributed by atoms with Crippen molar-refractivity contribution >= 4 is 5.69 Å². The summed E-state index contributed by atoms with van der Waals surface area (Å²) < 4.78 is 14.2. The minimum Gasteiger partial charge on any atom is -0.389 e. The molecular formula is C15H23FN2O. The minimum absolute atomic E-state index is 0.00348. The fraction of sp³-hybridized carbons (Fsp3) is 0.600. The fourth-order valence-electron chi connectivity index (χ4n) is 2.63. The predicted molar refractivity (Wildman–Crippen MR) is 76.0 cm³/mol. The van der Waals surface area contributed by atoms with E-state index in [1.54, 1.807) is 19.1 Å². The molecule has 106 valence electrons. The van der Waals surface area contributed by atoms with Gasteiger partial charge in [0.1, 0.15) is 5.82 Å². The van der Waals surface area contributed by atoms with Crippen molar-refractivity contribution in [3.63, 3.8) is 0 Å². The van der Waals surface area contributed by atoms with Crippen LogP contribution in [0.5, 0.6) is 0 Å². The van der Waals surface area contributed by atoms with Gasteiger partial charge >= 0.3 is 0 Å². The number of para-hydroxylation sites is 1. The maximum atomic E-state index is 14.2. The number of benzene rings is 1. The van der Waals surface area contributed by atoms with E-state index in [9.17, 15) is 9.50 Å². The van der Waals surface area contributed by atoms with Crippen LogP contribution in [0.1, 0.15) is 32.4 Å². The van der Waals surface area contributed by atoms with Crippen LogP contribution in [0.4, 0.5) is 10.1 Å². The van der Waals surface area contributed by atoms with Crippen molar-refractivity contribution in [1.29, 1.82) is 0 Å². The van der Waals surface area contributed by atoms with Crippen LogP contribution in [0.15, 0.2) is 18.2 Å². The summed E-state index contributed by atoms with van der Waals surface area (Å²) in [4.78, 5) is 4.34. The first-order chi connectivity index (χ1) is 8.83. The lowest BCUT2D eigenvalue weighted by Crippen LogP contribution is -2.58. The van der Waals surface area contributed by atoms with Crippen molar-refractivity contribution in [3.8, 4) is 0 Å². The first-order valence-corrected chi connectivity index (χ1v) is 6.75. The van der Waals surface area contributed by atoms with E-state index in [1.165, 1.54) is 6.07 Å². The molecule has 2 rings (SSSR count). The van der Waals surface area contributed by atoms with E-state index in [0.29, 0.717) is 11.3 Å². The van der Waals surface area contributed by atoms with Gasteiger partial charge in [-0.25, -0.2) is 4.39 Å². The maximum Gasteiger partial charge on any atom is 0.146 e. The number of hydrogen-bond donors (Lipinski definition) is 1. The highest BCUT2D eigenvalue weighted by atomic mass is 19.1. The van der Waals surface area contributed by atoms with E-state index >= 15 is 0 Å². The quantitative estimate of drug-likeness (QED) is 0.890. The van der Waals surface area contributed by atoms with Crippen molar-refractivity contribution < 1.29 is 9.50 Å². The minimum atomic E-state index is -0.659. The molecule has 0 aliphatic carbocycles. The largest absolute Gasteiger partial charge is 0.389 e. The average Bonchev–Trinajstić information content (AvgIpc) is 2.32. The molecule has 0 aromatic heterocycles. The molecule has 0 amide bonds. The van der Waals surface area contributed by atoms with Crippen LogP contribution in [0.25, 0.3) is 0 Å². The number of rotatable bonds is 2. The van der Waals surface area contributed by atoms with Crippen molar-refractivity contribution in [2.24, 2.45) is 0 Å². The number of hydrogen-bond acceptors (Lipinski definition) is 3. The maximum absolute atomic E-state index is 14.2. The Morgan fingerprint density at radius 2 is 2.00 bits per heavy atom. The second-order valence-corrected chi connectivity index (χ2v) is 6.01. The molecule has 0 radical (unpaired) electrons. The lowest BCUT2D eigenvalue weighted by atomic mass is 9.97. The first-order valence-electron chi connectivity index (χ1n) is 6.75. The summed E-state index contributed by atoms with van der Waals surface area (Å²) in [6.45, 7) is 8.41. The molecule has 0 unspecified atom stereocenters. The Balaban J connectivity index is 2.37. The summed E-state index contributed by atoms with van der Waals surface area (Å²) >= 11 is 0. The van der Waals surface area contributed by atoms with Crippen LogP contribution in [0.2, 0.25) is 0 Å². The normalized spacial score (nSPS) is 21.5. The molecule has 1 atom stereocenters. The fourth-order valence-corrected chi connectivity index (χ4v) is 2.63. The van der Waals surface area contributed by atoms with Gasteiger partial charge in [-0.2, -0.15) is 0 Å². The second kappa shape index (κ2) is 5.10. The zero-order valence-corrected chi connectivity index (χ0v) is 12.2. The van der Waals surface area contributed by atoms with Gasteiger partial charge in [-0.15, -0.1) is 0 Å². The van der Waals surface area contributed by atoms with Gasteiger partial charge in [0.2, 0.25) is 0 Å². The first kappa shape index (κ1) is 14.3. The molecule has 1 heterocycles. The molecule has 1 fully saturated rings. The van der Waals surface area contributed by atoms with E-state index in [2.05, 4.69) is 30.7 Å². The highest BCUT2D eigenvalue weighted by molar-refractivity contribution is 5.56. The Labute approximate surface area is 114 Å². The monoisotopic (exact) mass is 266 g/mol. The van der Waals surface area contributed by atoms with Gasteiger partial charge in [0.25, 0.3) is 0 Å². The highest BCUT2D eigenvalue weighted by Gasteiger charge is 2.33. The molecule has 0 bridgehead atoms. The van der Waals surface area contributed by atoms with Gasteiger partial charge in [-0.05, 0) is 33.9 Å². The molecule has 3 nitrogen and oxygen atoms in total. The molecule has 1 saturated heterocycles. The van der Waals surface area contributed by atoms with Gasteiger partial charge in [0, 0.05) is 30.7 Å². The van der Waals surface area contributed by atoms with Gasteiger partial charge in [-0.3, -0.25) is 4.90 Å². The summed E-state index contributed by atoms with van der Waals surface area (Å²) in [5.41, 5.74) is 1.22. The number of halogens is 1. The molecule has 19 heavy (non-hydrogen) atoms. The number of piperazine rings is 1. The van der Waals surface area contributed by atoms with Crippen LogP contribution in [0.3, 0.4) is 0 Å². The summed E-state index contributed by atoms with van der Waals surface area (Å²) in [7, 11) is 2.09. The van der Waals surface area contributed by atoms with Crippen molar-refractivity contribution in [2.45, 2.75) is 32.4 Å². The van der Waals surface area contributed by atoms with Crippen molar-refractivity contribution in [3.05, 3.63) is 29.6 Å². The van der Waals surface area contributed by atoms with Gasteiger partial charge < -0.3 is 10.0 Å². The Hall–Kier alpha value is -1.13. The SMILES string of the molecule is C[C@H](O)c1cccc(F)c1N1CCN(C)C(C)(C)C1. The number of aliphatic hydroxyl groups is 1. The van der Waals surface area contributed by atoms with Crippen LogP contribution in [-0.4, -0.2) is 42.2 Å². The smallest absolute Gasteiger partial charge is 0.146 e. The van der Waals surface area contributed by atoms with Gasteiger partial charge in [0.15, 0.2) is 0 Å². The Kier molecular flexibility index (Phi) is 3.83. The van der Waals surface area contributed by atoms with Gasteiger partial charge in [-0.1, -0.05) is 12.1 Å². The standard InChI is InChI=1S/C15H23FN2O/c1-11(19)12-6-5-7-13(16)14(12)18-9-8-17(4)15(2,3)10-18/h5-7,11,19H,8-10H2,1-4H3/t11-/m0/s1. The van der Waals surface area contributed by atoms with Crippen molar-refractivity contribution in [1.82, 2.24) is 4.90 Å². The van der Waals surface area contributed by atoms with E-state index < -0.39 is 6.10 Å². The van der Waals surface area contributed by atoms with Crippen molar-refractivity contribution in [2.75, 3.05) is 31.6 Å². The second-order valence-electron chi connectivity index (χ2n) is 6.01. The number of nitrogens with zero attached hydrogens (tertiary/aromatic N) is 2. The predicted octanol–water partition coefficient (Wildman–Crippen LogP) is 2.41. The van der Waals surface area contributed by atoms with Crippen LogP contribution in [-0.2, 0) is 0 Å². The summed E-state index contributed by atoms with van der Waals surface area (Å²) in [5, 5.41) is 9.84. The lowest BCUT2D eigenvalue weighted by Gasteiger charge is -2.46. The average molecular weight is 266 g/mol. The van der Waals surface area contributed by atoms with E-state index in [-0.39, 0.29) is 11.4 Å². The molecule has 1 aromatic rings. The Morgan fingerprint density at radius 1 is 1.32 bits per heavy atom. The third-order valence-electron chi connectivity index (χ3n) is 4.10. The van der Waals surface area contributed by atoms with Gasteiger partial charge in [0.05, 0.1) is 11.8 Å². The molecule has 1 aliphatic rings. The molecular weight excluding hydrogens is 243 g/mol. The van der Waals surface area contributed by atoms with E-state index in [1.807, 2.05) is 0 Å². The Morgan fingerprint density at radius 3 is 2.58 bits per heavy atom. The molecule has 0 saturated carbocycles. The third-order valence-corrected chi connectivity index (χ3v) is 4.10. The third kappa shape index (κ3) is 2.74. The van der Waals surface area contributed by atoms with Crippen LogP contribution < -0.4 is 4.90 Å². The summed E-state index contributed by atoms with van der Waals surface area (Å²) in [6.07, 6.45) is -0.659. The van der Waals surface area contributed by atoms with E-state index in [4.69, 9.17) is 0 Å². The molecule has 1 aromatic carbocycles.